The van der Waals surface area contributed by atoms with E-state index < -0.39 is 73.6 Å². The lowest BCUT2D eigenvalue weighted by molar-refractivity contribution is -0.312. The van der Waals surface area contributed by atoms with Crippen LogP contribution in [-0.4, -0.2) is 130 Å². The Morgan fingerprint density at radius 3 is 2.26 bits per heavy atom. The standard InChI is InChI=1S/C26H42N2O14/c29-13-17-23(35)24(36)25(37)26(41-17)39-14-16-11-15(30)12-22(40-16)38-10-9-27-18(31)5-3-1-2-4-6-21(34)42-28-19(32)7-8-20(28)33/h15-17,22-26,29-30,35-37H,1-14H2,(H,27,31)/t15?,16?,17?,22?,23-,24?,25?,26+/m1/s1. The molecule has 0 aliphatic carbocycles. The average molecular weight is 607 g/mol. The van der Waals surface area contributed by atoms with Crippen molar-refractivity contribution in [3.8, 4) is 0 Å². The van der Waals surface area contributed by atoms with Gasteiger partial charge in [0.05, 0.1) is 32.0 Å². The maximum atomic E-state index is 12.1. The molecule has 240 valence electrons. The highest BCUT2D eigenvalue weighted by molar-refractivity contribution is 6.01. The van der Waals surface area contributed by atoms with Gasteiger partial charge in [-0.2, -0.15) is 0 Å². The molecule has 6 N–H and O–H groups in total. The summed E-state index contributed by atoms with van der Waals surface area (Å²) in [4.78, 5) is 51.5. The summed E-state index contributed by atoms with van der Waals surface area (Å²) in [6, 6.07) is 0. The average Bonchev–Trinajstić information content (AvgIpc) is 3.27. The van der Waals surface area contributed by atoms with Crippen molar-refractivity contribution >= 4 is 23.7 Å². The second kappa shape index (κ2) is 17.1. The predicted molar refractivity (Wildman–Crippen MR) is 137 cm³/mol. The van der Waals surface area contributed by atoms with E-state index in [2.05, 4.69) is 5.32 Å². The molecule has 0 aromatic heterocycles. The van der Waals surface area contributed by atoms with Crippen molar-refractivity contribution in [2.75, 3.05) is 26.4 Å². The Labute approximate surface area is 242 Å². The molecule has 42 heavy (non-hydrogen) atoms. The van der Waals surface area contributed by atoms with Crippen molar-refractivity contribution in [3.63, 3.8) is 0 Å². The van der Waals surface area contributed by atoms with Gasteiger partial charge in [0.2, 0.25) is 5.91 Å². The number of imide groups is 1. The minimum absolute atomic E-state index is 0.0465. The third-order valence-electron chi connectivity index (χ3n) is 7.10. The zero-order valence-corrected chi connectivity index (χ0v) is 23.4. The van der Waals surface area contributed by atoms with Gasteiger partial charge in [-0.05, 0) is 12.8 Å². The highest BCUT2D eigenvalue weighted by Gasteiger charge is 2.44. The fourth-order valence-electron chi connectivity index (χ4n) is 4.75. The number of nitrogens with one attached hydrogen (secondary N) is 1. The number of aliphatic hydroxyl groups is 5. The summed E-state index contributed by atoms with van der Waals surface area (Å²) in [5, 5.41) is 52.5. The number of carbonyl (C=O) groups is 4. The largest absolute Gasteiger partial charge is 0.394 e. The smallest absolute Gasteiger partial charge is 0.333 e. The number of carbonyl (C=O) groups excluding carboxylic acids is 4. The molecule has 3 fully saturated rings. The topological polar surface area (TPSA) is 231 Å². The van der Waals surface area contributed by atoms with E-state index in [1.54, 1.807) is 0 Å². The summed E-state index contributed by atoms with van der Waals surface area (Å²) in [5.41, 5.74) is 0. The Morgan fingerprint density at radius 1 is 0.881 bits per heavy atom. The molecule has 3 saturated heterocycles. The van der Waals surface area contributed by atoms with Gasteiger partial charge in [-0.1, -0.05) is 12.8 Å². The molecular formula is C26H42N2O14. The number of nitrogens with zero attached hydrogens (tertiary/aromatic N) is 1. The maximum Gasteiger partial charge on any atom is 0.333 e. The third-order valence-corrected chi connectivity index (χ3v) is 7.10. The number of unbranched alkanes of at least 4 members (excludes halogenated alkanes) is 3. The number of rotatable bonds is 16. The Morgan fingerprint density at radius 2 is 1.57 bits per heavy atom. The molecule has 16 heteroatoms. The number of ether oxygens (including phenoxy) is 4. The van der Waals surface area contributed by atoms with Crippen LogP contribution in [0.25, 0.3) is 0 Å². The molecule has 16 nitrogen and oxygen atoms in total. The van der Waals surface area contributed by atoms with Crippen LogP contribution in [0.4, 0.5) is 0 Å². The van der Waals surface area contributed by atoms with Crippen molar-refractivity contribution in [1.29, 1.82) is 0 Å². The van der Waals surface area contributed by atoms with Crippen LogP contribution in [0.1, 0.15) is 64.2 Å². The van der Waals surface area contributed by atoms with Gasteiger partial charge in [0.15, 0.2) is 12.6 Å². The monoisotopic (exact) mass is 606 g/mol. The lowest BCUT2D eigenvalue weighted by Crippen LogP contribution is -2.59. The van der Waals surface area contributed by atoms with Crippen molar-refractivity contribution in [3.05, 3.63) is 0 Å². The first-order chi connectivity index (χ1) is 20.1. The molecule has 0 aromatic carbocycles. The summed E-state index contributed by atoms with van der Waals surface area (Å²) in [6.07, 6.45) is -5.75. The molecule has 8 atom stereocenters. The van der Waals surface area contributed by atoms with Crippen molar-refractivity contribution < 1.29 is 68.5 Å². The van der Waals surface area contributed by atoms with Crippen LogP contribution in [0.2, 0.25) is 0 Å². The van der Waals surface area contributed by atoms with Gasteiger partial charge in [-0.15, -0.1) is 5.06 Å². The van der Waals surface area contributed by atoms with E-state index in [9.17, 15) is 44.7 Å². The molecule has 0 bridgehead atoms. The Bertz CT molecular complexity index is 888. The second-order valence-electron chi connectivity index (χ2n) is 10.5. The van der Waals surface area contributed by atoms with E-state index >= 15 is 0 Å². The summed E-state index contributed by atoms with van der Waals surface area (Å²) >= 11 is 0. The van der Waals surface area contributed by atoms with Gasteiger partial charge in [0.25, 0.3) is 11.8 Å². The first kappa shape index (κ1) is 34.2. The van der Waals surface area contributed by atoms with Crippen LogP contribution in [0.5, 0.6) is 0 Å². The highest BCUT2D eigenvalue weighted by atomic mass is 16.7. The Hall–Kier alpha value is -2.28. The zero-order valence-electron chi connectivity index (χ0n) is 23.4. The SMILES string of the molecule is O=C(CCCCCCC(=O)ON1C(=O)CCC1=O)NCCOC1CC(O)CC(CO[C@H]2OC(CO)[C@@H](O)C(O)C2O)O1. The lowest BCUT2D eigenvalue weighted by atomic mass is 9.99. The molecule has 3 rings (SSSR count). The molecule has 6 unspecified atom stereocenters. The number of hydrogen-bond donors (Lipinski definition) is 6. The first-order valence-electron chi connectivity index (χ1n) is 14.3. The van der Waals surface area contributed by atoms with Gasteiger partial charge in [-0.25, -0.2) is 4.79 Å². The summed E-state index contributed by atoms with van der Waals surface area (Å²) in [5.74, 6) is -1.84. The highest BCUT2D eigenvalue weighted by Crippen LogP contribution is 2.25. The molecule has 0 radical (unpaired) electrons. The predicted octanol–water partition coefficient (Wildman–Crippen LogP) is -2.25. The van der Waals surface area contributed by atoms with E-state index in [1.807, 2.05) is 0 Å². The van der Waals surface area contributed by atoms with Crippen LogP contribution in [0.3, 0.4) is 0 Å². The van der Waals surface area contributed by atoms with Gasteiger partial charge in [-0.3, -0.25) is 14.4 Å². The van der Waals surface area contributed by atoms with E-state index in [-0.39, 0.29) is 64.2 Å². The fourth-order valence-corrected chi connectivity index (χ4v) is 4.75. The van der Waals surface area contributed by atoms with Crippen LogP contribution in [-0.2, 0) is 43.0 Å². The summed E-state index contributed by atoms with van der Waals surface area (Å²) in [7, 11) is 0. The van der Waals surface area contributed by atoms with E-state index in [4.69, 9.17) is 23.8 Å². The minimum Gasteiger partial charge on any atom is -0.394 e. The number of amides is 3. The Balaban J connectivity index is 1.22. The van der Waals surface area contributed by atoms with Crippen molar-refractivity contribution in [2.45, 2.75) is 113 Å². The van der Waals surface area contributed by atoms with Gasteiger partial charge in [0, 0.05) is 45.1 Å². The Kier molecular flexibility index (Phi) is 13.9. The molecule has 0 spiro atoms. The molecule has 0 aromatic rings. The first-order valence-corrected chi connectivity index (χ1v) is 14.3. The summed E-state index contributed by atoms with van der Waals surface area (Å²) in [6.45, 7) is -0.341. The number of hydroxylamine groups is 2. The van der Waals surface area contributed by atoms with E-state index in [0.29, 0.717) is 30.7 Å². The van der Waals surface area contributed by atoms with Crippen LogP contribution >= 0.6 is 0 Å². The number of aliphatic hydroxyl groups excluding tert-OH is 5. The quantitative estimate of drug-likeness (QED) is 0.0805. The lowest BCUT2D eigenvalue weighted by Gasteiger charge is -2.40. The third kappa shape index (κ3) is 10.5. The number of hydrogen-bond acceptors (Lipinski definition) is 14. The van der Waals surface area contributed by atoms with Crippen molar-refractivity contribution in [2.24, 2.45) is 0 Å². The summed E-state index contributed by atoms with van der Waals surface area (Å²) < 4.78 is 22.2. The molecule has 3 amide bonds. The van der Waals surface area contributed by atoms with Crippen LogP contribution in [0.15, 0.2) is 0 Å². The maximum absolute atomic E-state index is 12.1. The molecule has 3 aliphatic rings. The molecule has 0 saturated carbocycles. The van der Waals surface area contributed by atoms with Crippen LogP contribution < -0.4 is 5.32 Å². The molecule has 3 aliphatic heterocycles. The normalized spacial score (nSPS) is 31.8. The van der Waals surface area contributed by atoms with E-state index in [1.165, 1.54) is 0 Å². The van der Waals surface area contributed by atoms with Crippen molar-refractivity contribution in [1.82, 2.24) is 10.4 Å². The minimum atomic E-state index is -1.57. The van der Waals surface area contributed by atoms with E-state index in [0.717, 1.165) is 0 Å². The second-order valence-corrected chi connectivity index (χ2v) is 10.5. The van der Waals surface area contributed by atoms with Gasteiger partial charge in [0.1, 0.15) is 24.4 Å². The van der Waals surface area contributed by atoms with Gasteiger partial charge >= 0.3 is 5.97 Å². The van der Waals surface area contributed by atoms with Crippen LogP contribution in [0, 0.1) is 0 Å². The van der Waals surface area contributed by atoms with Gasteiger partial charge < -0.3 is 54.6 Å². The molecular weight excluding hydrogens is 564 g/mol. The fraction of sp³-hybridized carbons (Fsp3) is 0.846. The molecule has 3 heterocycles. The zero-order chi connectivity index (χ0) is 30.6.